The first-order valence-corrected chi connectivity index (χ1v) is 6.91. The fraction of sp³-hybridized carbons (Fsp3) is 0.500. The van der Waals surface area contributed by atoms with Crippen molar-refractivity contribution in [3.05, 3.63) is 29.8 Å². The number of aliphatic hydroxyl groups excluding tert-OH is 1. The zero-order valence-electron chi connectivity index (χ0n) is 12.7. The molecule has 0 aliphatic carbocycles. The van der Waals surface area contributed by atoms with Crippen LogP contribution in [0, 0.1) is 0 Å². The van der Waals surface area contributed by atoms with Crippen molar-refractivity contribution in [2.45, 2.75) is 32.9 Å². The molecule has 4 heteroatoms. The number of methoxy groups -OCH3 is 1. The number of rotatable bonds is 8. The molecule has 2 N–H and O–H groups in total. The van der Waals surface area contributed by atoms with Gasteiger partial charge < -0.3 is 19.9 Å². The van der Waals surface area contributed by atoms with Gasteiger partial charge in [0.2, 0.25) is 0 Å². The van der Waals surface area contributed by atoms with Gasteiger partial charge in [-0.05, 0) is 24.6 Å². The number of hydrogen-bond acceptors (Lipinski definition) is 4. The minimum atomic E-state index is -0.544. The van der Waals surface area contributed by atoms with E-state index in [-0.39, 0.29) is 6.61 Å². The molecule has 0 radical (unpaired) electrons. The largest absolute Gasteiger partial charge is 0.493 e. The number of benzene rings is 1. The third-order valence-electron chi connectivity index (χ3n) is 2.74. The Morgan fingerprint density at radius 1 is 1.30 bits per heavy atom. The molecule has 0 unspecified atom stereocenters. The van der Waals surface area contributed by atoms with Crippen molar-refractivity contribution < 1.29 is 14.6 Å². The maximum atomic E-state index is 9.82. The van der Waals surface area contributed by atoms with Crippen molar-refractivity contribution in [3.8, 4) is 11.5 Å². The van der Waals surface area contributed by atoms with Gasteiger partial charge in [-0.15, -0.1) is 0 Å². The molecule has 0 amide bonds. The number of aliphatic hydroxyl groups is 1. The van der Waals surface area contributed by atoms with E-state index in [1.54, 1.807) is 7.11 Å². The summed E-state index contributed by atoms with van der Waals surface area (Å²) < 4.78 is 10.9. The van der Waals surface area contributed by atoms with Gasteiger partial charge in [0.05, 0.1) is 7.11 Å². The van der Waals surface area contributed by atoms with Crippen LogP contribution >= 0.6 is 0 Å². The quantitative estimate of drug-likeness (QED) is 0.767. The van der Waals surface area contributed by atoms with E-state index in [1.165, 1.54) is 0 Å². The van der Waals surface area contributed by atoms with E-state index in [4.69, 9.17) is 9.47 Å². The molecule has 0 fully saturated rings. The van der Waals surface area contributed by atoms with Gasteiger partial charge >= 0.3 is 0 Å². The number of allylic oxidation sites excluding steroid dienone is 1. The first-order chi connectivity index (χ1) is 9.56. The average Bonchev–Trinajstić information content (AvgIpc) is 2.43. The van der Waals surface area contributed by atoms with Gasteiger partial charge in [0, 0.05) is 12.6 Å². The molecule has 0 heterocycles. The predicted molar refractivity (Wildman–Crippen MR) is 82.3 cm³/mol. The van der Waals surface area contributed by atoms with Crippen molar-refractivity contribution in [2.24, 2.45) is 0 Å². The van der Waals surface area contributed by atoms with E-state index in [2.05, 4.69) is 5.32 Å². The van der Waals surface area contributed by atoms with Crippen molar-refractivity contribution in [3.63, 3.8) is 0 Å². The van der Waals surface area contributed by atoms with Crippen molar-refractivity contribution >= 4 is 6.08 Å². The van der Waals surface area contributed by atoms with E-state index >= 15 is 0 Å². The molecule has 20 heavy (non-hydrogen) atoms. The van der Waals surface area contributed by atoms with Crippen LogP contribution in [0.5, 0.6) is 11.5 Å². The number of nitrogens with one attached hydrogen (secondary N) is 1. The van der Waals surface area contributed by atoms with Gasteiger partial charge in [0.25, 0.3) is 0 Å². The summed E-state index contributed by atoms with van der Waals surface area (Å²) in [5, 5.41) is 13.0. The molecule has 0 saturated carbocycles. The van der Waals surface area contributed by atoms with Crippen molar-refractivity contribution in [2.75, 3.05) is 20.3 Å². The van der Waals surface area contributed by atoms with Gasteiger partial charge in [-0.1, -0.05) is 32.1 Å². The van der Waals surface area contributed by atoms with E-state index in [0.29, 0.717) is 24.1 Å². The highest BCUT2D eigenvalue weighted by atomic mass is 16.5. The predicted octanol–water partition coefficient (Wildman–Crippen LogP) is 2.47. The summed E-state index contributed by atoms with van der Waals surface area (Å²) in [6.45, 7) is 6.79. The lowest BCUT2D eigenvalue weighted by molar-refractivity contribution is 0.103. The maximum Gasteiger partial charge on any atom is 0.161 e. The summed E-state index contributed by atoms with van der Waals surface area (Å²) in [5.41, 5.74) is 1.05. The lowest BCUT2D eigenvalue weighted by Gasteiger charge is -2.16. The molecule has 0 spiro atoms. The standard InChI is InChI=1S/C16H25NO3/c1-5-6-13-7-8-15(16(9-13)19-4)20-11-14(18)10-17-12(2)3/h5-9,12,14,17-18H,10-11H2,1-4H3/b6-5-/t14-/m0/s1. The molecule has 0 saturated heterocycles. The van der Waals surface area contributed by atoms with Gasteiger partial charge in [0.1, 0.15) is 12.7 Å². The molecule has 1 rings (SSSR count). The van der Waals surface area contributed by atoms with Crippen LogP contribution in [0.1, 0.15) is 26.3 Å². The zero-order chi connectivity index (χ0) is 15.0. The maximum absolute atomic E-state index is 9.82. The summed E-state index contributed by atoms with van der Waals surface area (Å²) >= 11 is 0. The van der Waals surface area contributed by atoms with Crippen LogP contribution in [0.2, 0.25) is 0 Å². The Labute approximate surface area is 121 Å². The van der Waals surface area contributed by atoms with Gasteiger partial charge in [0.15, 0.2) is 11.5 Å². The summed E-state index contributed by atoms with van der Waals surface area (Å²) in [6, 6.07) is 6.07. The van der Waals surface area contributed by atoms with Crippen LogP contribution in [0.15, 0.2) is 24.3 Å². The second kappa shape index (κ2) is 8.61. The van der Waals surface area contributed by atoms with Crippen LogP contribution in [-0.2, 0) is 0 Å². The van der Waals surface area contributed by atoms with Crippen molar-refractivity contribution in [1.29, 1.82) is 0 Å². The van der Waals surface area contributed by atoms with Crippen LogP contribution < -0.4 is 14.8 Å². The molecule has 0 aliphatic heterocycles. The minimum absolute atomic E-state index is 0.235. The Hall–Kier alpha value is -1.52. The monoisotopic (exact) mass is 279 g/mol. The highest BCUT2D eigenvalue weighted by Crippen LogP contribution is 2.28. The van der Waals surface area contributed by atoms with Gasteiger partial charge in [-0.2, -0.15) is 0 Å². The molecule has 1 aromatic carbocycles. The summed E-state index contributed by atoms with van der Waals surface area (Å²) in [6.07, 6.45) is 3.42. The minimum Gasteiger partial charge on any atom is -0.493 e. The van der Waals surface area contributed by atoms with E-state index in [1.807, 2.05) is 51.1 Å². The highest BCUT2D eigenvalue weighted by molar-refractivity contribution is 5.55. The zero-order valence-corrected chi connectivity index (χ0v) is 12.7. The van der Waals surface area contributed by atoms with E-state index in [9.17, 15) is 5.11 Å². The van der Waals surface area contributed by atoms with Crippen LogP contribution in [0.25, 0.3) is 6.08 Å². The third-order valence-corrected chi connectivity index (χ3v) is 2.74. The Morgan fingerprint density at radius 3 is 2.65 bits per heavy atom. The molecule has 1 atom stereocenters. The Morgan fingerprint density at radius 2 is 2.05 bits per heavy atom. The summed E-state index contributed by atoms with van der Waals surface area (Å²) in [7, 11) is 1.61. The molecule has 1 aromatic rings. The molecular weight excluding hydrogens is 254 g/mol. The lowest BCUT2D eigenvalue weighted by Crippen LogP contribution is -2.35. The Bertz CT molecular complexity index is 430. The first-order valence-electron chi connectivity index (χ1n) is 6.91. The SMILES string of the molecule is C/C=C\c1ccc(OC[C@@H](O)CNC(C)C)c(OC)c1. The second-order valence-corrected chi connectivity index (χ2v) is 4.94. The molecule has 0 aromatic heterocycles. The van der Waals surface area contributed by atoms with Gasteiger partial charge in [-0.25, -0.2) is 0 Å². The molecule has 0 bridgehead atoms. The molecular formula is C16H25NO3. The number of ether oxygens (including phenoxy) is 2. The smallest absolute Gasteiger partial charge is 0.161 e. The van der Waals surface area contributed by atoms with Gasteiger partial charge in [-0.3, -0.25) is 0 Å². The second-order valence-electron chi connectivity index (χ2n) is 4.94. The molecule has 0 aliphatic rings. The van der Waals surface area contributed by atoms with E-state index in [0.717, 1.165) is 5.56 Å². The fourth-order valence-electron chi connectivity index (χ4n) is 1.72. The topological polar surface area (TPSA) is 50.7 Å². The number of hydrogen-bond donors (Lipinski definition) is 2. The first kappa shape index (κ1) is 16.5. The van der Waals surface area contributed by atoms with E-state index < -0.39 is 6.10 Å². The summed E-state index contributed by atoms with van der Waals surface area (Å²) in [5.74, 6) is 1.31. The van der Waals surface area contributed by atoms with Crippen LogP contribution in [0.4, 0.5) is 0 Å². The normalized spacial score (nSPS) is 12.9. The van der Waals surface area contributed by atoms with Crippen molar-refractivity contribution in [1.82, 2.24) is 5.32 Å². The third kappa shape index (κ3) is 5.63. The van der Waals surface area contributed by atoms with Crippen LogP contribution in [-0.4, -0.2) is 37.5 Å². The van der Waals surface area contributed by atoms with Crippen LogP contribution in [0.3, 0.4) is 0 Å². The molecule has 4 nitrogen and oxygen atoms in total. The fourth-order valence-corrected chi connectivity index (χ4v) is 1.72. The highest BCUT2D eigenvalue weighted by Gasteiger charge is 2.09. The molecule has 112 valence electrons. The average molecular weight is 279 g/mol. The lowest BCUT2D eigenvalue weighted by atomic mass is 10.2. The Kier molecular flexibility index (Phi) is 7.12. The summed E-state index contributed by atoms with van der Waals surface area (Å²) in [4.78, 5) is 0. The Balaban J connectivity index is 2.58.